The van der Waals surface area contributed by atoms with Crippen molar-refractivity contribution in [3.8, 4) is 0 Å². The Morgan fingerprint density at radius 1 is 1.00 bits per heavy atom. The third-order valence-corrected chi connectivity index (χ3v) is 4.70. The molecule has 2 aromatic rings. The molecule has 0 bridgehead atoms. The van der Waals surface area contributed by atoms with Crippen molar-refractivity contribution < 1.29 is 4.79 Å². The van der Waals surface area contributed by atoms with Crippen LogP contribution in [0.2, 0.25) is 0 Å². The van der Waals surface area contributed by atoms with Gasteiger partial charge in [-0.2, -0.15) is 0 Å². The Kier molecular flexibility index (Phi) is 3.62. The molecule has 3 heteroatoms. The fourth-order valence-corrected chi connectivity index (χ4v) is 3.17. The fraction of sp³-hybridized carbons (Fsp3) is 0.235. The summed E-state index contributed by atoms with van der Waals surface area (Å²) >= 11 is 3.44. The Bertz CT molecular complexity index is 620. The van der Waals surface area contributed by atoms with Crippen LogP contribution in [0.25, 0.3) is 0 Å². The molecule has 2 nitrogen and oxygen atoms in total. The van der Waals surface area contributed by atoms with E-state index in [9.17, 15) is 4.79 Å². The Morgan fingerprint density at radius 3 is 2.25 bits per heavy atom. The molecule has 102 valence electrons. The molecule has 0 aliphatic heterocycles. The zero-order valence-electron chi connectivity index (χ0n) is 11.1. The van der Waals surface area contributed by atoms with Crippen molar-refractivity contribution in [2.24, 2.45) is 0 Å². The molecule has 1 amide bonds. The maximum atomic E-state index is 12.5. The number of amides is 1. The van der Waals surface area contributed by atoms with Crippen molar-refractivity contribution in [3.05, 3.63) is 70.2 Å². The molecule has 1 N–H and O–H groups in total. The number of carbonyl (C=O) groups excluding carboxylic acids is 1. The van der Waals surface area contributed by atoms with Crippen LogP contribution in [0.3, 0.4) is 0 Å². The van der Waals surface area contributed by atoms with Crippen LogP contribution in [0.1, 0.15) is 35.2 Å². The van der Waals surface area contributed by atoms with Crippen LogP contribution >= 0.6 is 15.9 Å². The van der Waals surface area contributed by atoms with Gasteiger partial charge in [-0.15, -0.1) is 0 Å². The molecular weight excluding hydrogens is 314 g/mol. The summed E-state index contributed by atoms with van der Waals surface area (Å²) in [4.78, 5) is 12.5. The summed E-state index contributed by atoms with van der Waals surface area (Å²) in [5.41, 5.74) is 1.70. The van der Waals surface area contributed by atoms with E-state index in [2.05, 4.69) is 33.4 Å². The summed E-state index contributed by atoms with van der Waals surface area (Å²) in [5, 5.41) is 3.23. The molecule has 0 atom stereocenters. The maximum absolute atomic E-state index is 12.5. The van der Waals surface area contributed by atoms with Crippen molar-refractivity contribution in [1.29, 1.82) is 0 Å². The van der Waals surface area contributed by atoms with E-state index in [-0.39, 0.29) is 11.4 Å². The summed E-state index contributed by atoms with van der Waals surface area (Å²) in [6.07, 6.45) is 3.17. The normalized spacial score (nSPS) is 16.2. The second-order valence-electron chi connectivity index (χ2n) is 5.24. The van der Waals surface area contributed by atoms with Crippen LogP contribution in [0.4, 0.5) is 0 Å². The predicted octanol–water partition coefficient (Wildman–Crippen LogP) is 4.26. The highest BCUT2D eigenvalue weighted by Crippen LogP contribution is 2.41. The number of carbonyl (C=O) groups is 1. The summed E-state index contributed by atoms with van der Waals surface area (Å²) in [6, 6.07) is 17.8. The Labute approximate surface area is 127 Å². The van der Waals surface area contributed by atoms with Crippen LogP contribution in [-0.2, 0) is 5.54 Å². The van der Waals surface area contributed by atoms with Gasteiger partial charge in [0.2, 0.25) is 0 Å². The van der Waals surface area contributed by atoms with E-state index in [4.69, 9.17) is 0 Å². The number of hydrogen-bond acceptors (Lipinski definition) is 1. The van der Waals surface area contributed by atoms with E-state index in [1.54, 1.807) is 0 Å². The average Bonchev–Trinajstić information content (AvgIpc) is 2.44. The van der Waals surface area contributed by atoms with Crippen LogP contribution in [0.5, 0.6) is 0 Å². The third-order valence-electron chi connectivity index (χ3n) is 4.00. The molecule has 0 spiro atoms. The lowest BCUT2D eigenvalue weighted by Crippen LogP contribution is -2.50. The van der Waals surface area contributed by atoms with E-state index in [1.165, 1.54) is 5.56 Å². The van der Waals surface area contributed by atoms with Gasteiger partial charge in [0.15, 0.2) is 0 Å². The van der Waals surface area contributed by atoms with E-state index >= 15 is 0 Å². The first-order valence-electron chi connectivity index (χ1n) is 6.84. The molecule has 1 aliphatic rings. The van der Waals surface area contributed by atoms with Gasteiger partial charge in [0, 0.05) is 4.47 Å². The molecule has 1 saturated carbocycles. The zero-order chi connectivity index (χ0) is 14.0. The molecule has 3 rings (SSSR count). The van der Waals surface area contributed by atoms with Gasteiger partial charge in [-0.1, -0.05) is 42.5 Å². The zero-order valence-corrected chi connectivity index (χ0v) is 12.7. The second kappa shape index (κ2) is 5.41. The minimum atomic E-state index is -0.187. The predicted molar refractivity (Wildman–Crippen MR) is 83.6 cm³/mol. The van der Waals surface area contributed by atoms with Gasteiger partial charge >= 0.3 is 0 Å². The van der Waals surface area contributed by atoms with Crippen molar-refractivity contribution in [1.82, 2.24) is 5.32 Å². The first kappa shape index (κ1) is 13.4. The largest absolute Gasteiger partial charge is 0.342 e. The lowest BCUT2D eigenvalue weighted by Gasteiger charge is -2.43. The van der Waals surface area contributed by atoms with Gasteiger partial charge in [-0.05, 0) is 52.9 Å². The highest BCUT2D eigenvalue weighted by atomic mass is 79.9. The Morgan fingerprint density at radius 2 is 1.65 bits per heavy atom. The highest BCUT2D eigenvalue weighted by molar-refractivity contribution is 9.10. The van der Waals surface area contributed by atoms with Gasteiger partial charge in [0.25, 0.3) is 5.91 Å². The standard InChI is InChI=1S/C17H16BrNO/c18-15-10-5-4-9-14(15)16(20)19-17(11-6-12-17)13-7-2-1-3-8-13/h1-5,7-10H,6,11-12H2,(H,19,20). The van der Waals surface area contributed by atoms with E-state index in [1.807, 2.05) is 42.5 Å². The summed E-state index contributed by atoms with van der Waals surface area (Å²) in [5.74, 6) is -0.0129. The summed E-state index contributed by atoms with van der Waals surface area (Å²) < 4.78 is 0.833. The summed E-state index contributed by atoms with van der Waals surface area (Å²) in [6.45, 7) is 0. The maximum Gasteiger partial charge on any atom is 0.253 e. The Balaban J connectivity index is 1.86. The van der Waals surface area contributed by atoms with E-state index < -0.39 is 0 Å². The number of hydrogen-bond donors (Lipinski definition) is 1. The smallest absolute Gasteiger partial charge is 0.253 e. The molecule has 0 heterocycles. The van der Waals surface area contributed by atoms with Crippen LogP contribution in [0.15, 0.2) is 59.1 Å². The van der Waals surface area contributed by atoms with E-state index in [0.29, 0.717) is 5.56 Å². The first-order chi connectivity index (χ1) is 9.71. The molecule has 2 aromatic carbocycles. The SMILES string of the molecule is O=C(NC1(c2ccccc2)CCC1)c1ccccc1Br. The number of nitrogens with one attached hydrogen (secondary N) is 1. The summed E-state index contributed by atoms with van der Waals surface area (Å²) in [7, 11) is 0. The van der Waals surface area contributed by atoms with Gasteiger partial charge in [-0.3, -0.25) is 4.79 Å². The number of rotatable bonds is 3. The topological polar surface area (TPSA) is 29.1 Å². The van der Waals surface area contributed by atoms with Crippen LogP contribution in [0, 0.1) is 0 Å². The highest BCUT2D eigenvalue weighted by Gasteiger charge is 2.40. The van der Waals surface area contributed by atoms with Gasteiger partial charge < -0.3 is 5.32 Å². The average molecular weight is 330 g/mol. The first-order valence-corrected chi connectivity index (χ1v) is 7.63. The van der Waals surface area contributed by atoms with Crippen molar-refractivity contribution >= 4 is 21.8 Å². The van der Waals surface area contributed by atoms with Gasteiger partial charge in [0.1, 0.15) is 0 Å². The third kappa shape index (κ3) is 2.38. The van der Waals surface area contributed by atoms with Gasteiger partial charge in [-0.25, -0.2) is 0 Å². The van der Waals surface area contributed by atoms with Crippen molar-refractivity contribution in [3.63, 3.8) is 0 Å². The molecule has 1 aliphatic carbocycles. The lowest BCUT2D eigenvalue weighted by atomic mass is 9.71. The second-order valence-corrected chi connectivity index (χ2v) is 6.09. The molecule has 0 aromatic heterocycles. The van der Waals surface area contributed by atoms with Gasteiger partial charge in [0.05, 0.1) is 11.1 Å². The molecule has 0 saturated heterocycles. The quantitative estimate of drug-likeness (QED) is 0.895. The van der Waals surface area contributed by atoms with Crippen LogP contribution < -0.4 is 5.32 Å². The lowest BCUT2D eigenvalue weighted by molar-refractivity contribution is 0.0822. The fourth-order valence-electron chi connectivity index (χ4n) is 2.70. The number of benzene rings is 2. The molecule has 20 heavy (non-hydrogen) atoms. The molecule has 0 radical (unpaired) electrons. The molecule has 1 fully saturated rings. The Hall–Kier alpha value is -1.61. The van der Waals surface area contributed by atoms with Crippen molar-refractivity contribution in [2.75, 3.05) is 0 Å². The van der Waals surface area contributed by atoms with E-state index in [0.717, 1.165) is 23.7 Å². The number of halogens is 1. The minimum Gasteiger partial charge on any atom is -0.342 e. The molecule has 0 unspecified atom stereocenters. The minimum absolute atomic E-state index is 0.0129. The van der Waals surface area contributed by atoms with Crippen molar-refractivity contribution in [2.45, 2.75) is 24.8 Å². The van der Waals surface area contributed by atoms with Crippen LogP contribution in [-0.4, -0.2) is 5.91 Å². The monoisotopic (exact) mass is 329 g/mol. The molecular formula is C17H16BrNO.